The van der Waals surface area contributed by atoms with Gasteiger partial charge in [-0.3, -0.25) is 10.2 Å². The average molecular weight is 600 g/mol. The summed E-state index contributed by atoms with van der Waals surface area (Å²) in [5, 5.41) is 18.8. The number of sulfonamides is 1. The smallest absolute Gasteiger partial charge is 0.475 e. The van der Waals surface area contributed by atoms with Crippen LogP contribution in [0.4, 0.5) is 13.2 Å². The molecule has 212 valence electrons. The Morgan fingerprint density at radius 3 is 2.32 bits per heavy atom. The largest absolute Gasteiger partial charge is 0.490 e. The van der Waals surface area contributed by atoms with Crippen LogP contribution in [0.15, 0.2) is 29.2 Å². The van der Waals surface area contributed by atoms with Gasteiger partial charge in [-0.2, -0.15) is 18.4 Å². The third-order valence-corrected chi connectivity index (χ3v) is 8.64. The Kier molecular flexibility index (Phi) is 12.1. The van der Waals surface area contributed by atoms with Crippen LogP contribution in [0.3, 0.4) is 0 Å². The molecule has 1 amide bonds. The predicted molar refractivity (Wildman–Crippen MR) is 135 cm³/mol. The number of carbonyl (C=O) groups is 2. The van der Waals surface area contributed by atoms with Gasteiger partial charge >= 0.3 is 12.1 Å². The van der Waals surface area contributed by atoms with Crippen LogP contribution in [0.5, 0.6) is 0 Å². The molecule has 1 saturated heterocycles. The molecular weight excluding hydrogens is 571 g/mol. The topological polar surface area (TPSA) is 143 Å². The Morgan fingerprint density at radius 2 is 1.82 bits per heavy atom. The van der Waals surface area contributed by atoms with E-state index >= 15 is 0 Å². The van der Waals surface area contributed by atoms with E-state index in [1.807, 2.05) is 11.9 Å². The van der Waals surface area contributed by atoms with Crippen molar-refractivity contribution in [3.63, 3.8) is 0 Å². The van der Waals surface area contributed by atoms with E-state index in [-0.39, 0.29) is 35.5 Å². The lowest BCUT2D eigenvalue weighted by Gasteiger charge is -2.37. The molecule has 1 aromatic rings. The van der Waals surface area contributed by atoms with Crippen molar-refractivity contribution in [1.82, 2.24) is 20.1 Å². The molecule has 2 aliphatic rings. The summed E-state index contributed by atoms with van der Waals surface area (Å²) < 4.78 is 59.8. The summed E-state index contributed by atoms with van der Waals surface area (Å²) in [4.78, 5) is 23.5. The molecule has 1 aliphatic carbocycles. The van der Waals surface area contributed by atoms with Gasteiger partial charge in [0.15, 0.2) is 0 Å². The standard InChI is InChI=1S/C20H28ClN5O3S2.C2HF3O2/c1-2-23-26(12-20(27)25-14-30-13-18(25)11-22)17-7-5-16(6-8-17)24-31(28,29)19-9-3-15(21)4-10-19;3-2(4,5)1(6)7/h3-4,9-10,16-18,23-24H,2,5-8,12-14H2,1H3;(H,6,7). The molecule has 1 heterocycles. The highest BCUT2D eigenvalue weighted by Crippen LogP contribution is 2.25. The monoisotopic (exact) mass is 599 g/mol. The van der Waals surface area contributed by atoms with Gasteiger partial charge in [0.25, 0.3) is 0 Å². The number of benzene rings is 1. The Balaban J connectivity index is 0.000000638. The van der Waals surface area contributed by atoms with Crippen LogP contribution in [0.25, 0.3) is 0 Å². The molecule has 1 unspecified atom stereocenters. The maximum Gasteiger partial charge on any atom is 0.490 e. The zero-order chi connectivity index (χ0) is 28.5. The van der Waals surface area contributed by atoms with Gasteiger partial charge in [0, 0.05) is 29.4 Å². The second-order valence-electron chi connectivity index (χ2n) is 8.53. The molecule has 0 bridgehead atoms. The van der Waals surface area contributed by atoms with Gasteiger partial charge in [0.1, 0.15) is 6.04 Å². The summed E-state index contributed by atoms with van der Waals surface area (Å²) in [7, 11) is -3.60. The number of hydrogen-bond donors (Lipinski definition) is 3. The van der Waals surface area contributed by atoms with Gasteiger partial charge in [-0.25, -0.2) is 22.9 Å². The minimum absolute atomic E-state index is 0.0527. The van der Waals surface area contributed by atoms with Crippen molar-refractivity contribution in [2.45, 2.75) is 61.8 Å². The Hall–Kier alpha value is -2.09. The number of amides is 1. The fraction of sp³-hybridized carbons (Fsp3) is 0.591. The number of alkyl halides is 3. The van der Waals surface area contributed by atoms with Crippen LogP contribution in [0.2, 0.25) is 5.02 Å². The molecule has 10 nitrogen and oxygen atoms in total. The minimum Gasteiger partial charge on any atom is -0.475 e. The number of nitrogens with one attached hydrogen (secondary N) is 2. The number of thioether (sulfide) groups is 1. The first-order chi connectivity index (χ1) is 17.8. The van der Waals surface area contributed by atoms with Crippen LogP contribution < -0.4 is 10.1 Å². The van der Waals surface area contributed by atoms with Crippen molar-refractivity contribution >= 4 is 45.3 Å². The van der Waals surface area contributed by atoms with Gasteiger partial charge in [-0.1, -0.05) is 18.5 Å². The summed E-state index contributed by atoms with van der Waals surface area (Å²) in [6.07, 6.45) is -2.17. The third-order valence-electron chi connectivity index (χ3n) is 5.84. The zero-order valence-electron chi connectivity index (χ0n) is 20.4. The van der Waals surface area contributed by atoms with Gasteiger partial charge in [0.05, 0.1) is 23.4 Å². The van der Waals surface area contributed by atoms with E-state index in [0.29, 0.717) is 36.0 Å². The van der Waals surface area contributed by atoms with E-state index in [1.165, 1.54) is 12.1 Å². The van der Waals surface area contributed by atoms with Gasteiger partial charge < -0.3 is 10.0 Å². The van der Waals surface area contributed by atoms with Crippen LogP contribution in [0, 0.1) is 11.3 Å². The number of carbonyl (C=O) groups excluding carboxylic acids is 1. The Bertz CT molecular complexity index is 1090. The third kappa shape index (κ3) is 9.58. The fourth-order valence-corrected chi connectivity index (χ4v) is 6.49. The molecule has 3 N–H and O–H groups in total. The molecule has 2 fully saturated rings. The van der Waals surface area contributed by atoms with Gasteiger partial charge in [0.2, 0.25) is 15.9 Å². The molecule has 16 heteroatoms. The van der Waals surface area contributed by atoms with Crippen LogP contribution in [-0.2, 0) is 19.6 Å². The first kappa shape index (κ1) is 32.1. The second kappa shape index (κ2) is 14.3. The molecule has 1 saturated carbocycles. The Labute approximate surface area is 228 Å². The number of rotatable bonds is 8. The van der Waals surface area contributed by atoms with E-state index < -0.39 is 22.2 Å². The highest BCUT2D eigenvalue weighted by Gasteiger charge is 2.38. The molecule has 3 rings (SSSR count). The fourth-order valence-electron chi connectivity index (χ4n) is 3.96. The van der Waals surface area contributed by atoms with E-state index in [0.717, 1.165) is 12.8 Å². The highest BCUT2D eigenvalue weighted by atomic mass is 35.5. The van der Waals surface area contributed by atoms with E-state index in [9.17, 15) is 31.6 Å². The molecule has 1 atom stereocenters. The zero-order valence-corrected chi connectivity index (χ0v) is 22.8. The highest BCUT2D eigenvalue weighted by molar-refractivity contribution is 7.99. The van der Waals surface area contributed by atoms with Crippen molar-refractivity contribution in [2.75, 3.05) is 24.7 Å². The molecule has 38 heavy (non-hydrogen) atoms. The molecule has 0 radical (unpaired) electrons. The number of nitriles is 1. The lowest BCUT2D eigenvalue weighted by Crippen LogP contribution is -2.53. The number of carboxylic acid groups (broad SMARTS) is 1. The first-order valence-corrected chi connectivity index (χ1v) is 14.6. The van der Waals surface area contributed by atoms with Gasteiger partial charge in [-0.15, -0.1) is 11.8 Å². The molecule has 0 spiro atoms. The summed E-state index contributed by atoms with van der Waals surface area (Å²) in [6.45, 7) is 2.87. The van der Waals surface area contributed by atoms with Gasteiger partial charge in [-0.05, 0) is 49.9 Å². The Morgan fingerprint density at radius 1 is 1.24 bits per heavy atom. The molecular formula is C22H29ClF3N5O5S2. The molecule has 1 aliphatic heterocycles. The van der Waals surface area contributed by atoms with Crippen molar-refractivity contribution in [3.8, 4) is 6.07 Å². The van der Waals surface area contributed by atoms with Crippen LogP contribution in [0.1, 0.15) is 32.6 Å². The predicted octanol–water partition coefficient (Wildman–Crippen LogP) is 2.81. The van der Waals surface area contributed by atoms with E-state index in [1.54, 1.807) is 28.8 Å². The van der Waals surface area contributed by atoms with E-state index in [2.05, 4.69) is 16.2 Å². The number of nitrogens with zero attached hydrogens (tertiary/aromatic N) is 3. The van der Waals surface area contributed by atoms with Crippen LogP contribution >= 0.6 is 23.4 Å². The van der Waals surface area contributed by atoms with Crippen molar-refractivity contribution in [1.29, 1.82) is 5.26 Å². The number of hydrazine groups is 1. The van der Waals surface area contributed by atoms with Crippen molar-refractivity contribution < 1.29 is 36.3 Å². The van der Waals surface area contributed by atoms with E-state index in [4.69, 9.17) is 21.5 Å². The maximum absolute atomic E-state index is 12.8. The number of hydrogen-bond acceptors (Lipinski definition) is 8. The maximum atomic E-state index is 12.8. The van der Waals surface area contributed by atoms with Crippen molar-refractivity contribution in [3.05, 3.63) is 29.3 Å². The summed E-state index contributed by atoms with van der Waals surface area (Å²) >= 11 is 7.44. The van der Waals surface area contributed by atoms with Crippen LogP contribution in [-0.4, -0.2) is 84.3 Å². The lowest BCUT2D eigenvalue weighted by atomic mass is 9.91. The summed E-state index contributed by atoms with van der Waals surface area (Å²) in [5.41, 5.74) is 3.28. The second-order valence-corrected chi connectivity index (χ2v) is 11.7. The number of carboxylic acids is 1. The summed E-state index contributed by atoms with van der Waals surface area (Å²) in [6, 6.07) is 7.95. The number of halogens is 4. The lowest BCUT2D eigenvalue weighted by molar-refractivity contribution is -0.192. The minimum atomic E-state index is -5.08. The normalized spacial score (nSPS) is 21.9. The molecule has 1 aromatic carbocycles. The SMILES string of the molecule is CCNN(CC(=O)N1CSCC1C#N)C1CCC(NS(=O)(=O)c2ccc(Cl)cc2)CC1.O=C(O)C(F)(F)F. The van der Waals surface area contributed by atoms with Crippen molar-refractivity contribution in [2.24, 2.45) is 0 Å². The average Bonchev–Trinajstić information content (AvgIpc) is 3.33. The summed E-state index contributed by atoms with van der Waals surface area (Å²) in [5.74, 6) is -1.60. The number of aliphatic carboxylic acids is 1. The first-order valence-electron chi connectivity index (χ1n) is 11.6. The quantitative estimate of drug-likeness (QED) is 0.384. The molecule has 0 aromatic heterocycles.